The molecule has 3 nitrogen and oxygen atoms in total. The Labute approximate surface area is 139 Å². The van der Waals surface area contributed by atoms with Gasteiger partial charge in [-0.05, 0) is 37.2 Å². The van der Waals surface area contributed by atoms with Crippen molar-refractivity contribution in [3.8, 4) is 17.0 Å². The predicted octanol–water partition coefficient (Wildman–Crippen LogP) is 4.24. The lowest BCUT2D eigenvalue weighted by Crippen LogP contribution is -2.12. The molecule has 22 heavy (non-hydrogen) atoms. The molecule has 0 atom stereocenters. The maximum absolute atomic E-state index is 10.1. The third-order valence-corrected chi connectivity index (χ3v) is 3.43. The monoisotopic (exact) mass is 320 g/mol. The van der Waals surface area contributed by atoms with Crippen molar-refractivity contribution in [3.63, 3.8) is 0 Å². The molecule has 4 heteroatoms. The number of nitrogens with zero attached hydrogens (tertiary/aromatic N) is 2. The van der Waals surface area contributed by atoms with E-state index in [9.17, 15) is 5.11 Å². The summed E-state index contributed by atoms with van der Waals surface area (Å²) in [6, 6.07) is 11.9. The predicted molar refractivity (Wildman–Crippen MR) is 94.7 cm³/mol. The lowest BCUT2D eigenvalue weighted by Gasteiger charge is -2.19. The van der Waals surface area contributed by atoms with Crippen LogP contribution < -0.4 is 0 Å². The van der Waals surface area contributed by atoms with Gasteiger partial charge in [0.2, 0.25) is 0 Å². The first-order valence-corrected chi connectivity index (χ1v) is 7.22. The van der Waals surface area contributed by atoms with Gasteiger partial charge in [-0.15, -0.1) is 12.4 Å². The summed E-state index contributed by atoms with van der Waals surface area (Å²) in [6.07, 6.45) is 0. The Morgan fingerprint density at radius 1 is 1.00 bits per heavy atom. The summed E-state index contributed by atoms with van der Waals surface area (Å²) in [7, 11) is 4.01. The van der Waals surface area contributed by atoms with Gasteiger partial charge >= 0.3 is 0 Å². The Balaban J connectivity index is 0.00000242. The van der Waals surface area contributed by atoms with Gasteiger partial charge in [-0.2, -0.15) is 0 Å². The summed E-state index contributed by atoms with van der Waals surface area (Å²) in [5, 5.41) is 10.1. The molecule has 1 aromatic carbocycles. The highest BCUT2D eigenvalue weighted by molar-refractivity contribution is 5.85. The second-order valence-corrected chi connectivity index (χ2v) is 6.74. The van der Waals surface area contributed by atoms with E-state index in [2.05, 4.69) is 42.8 Å². The molecule has 0 saturated carbocycles. The SMILES string of the molecule is CN(C)Cc1ccc(O)c(-c2ccc(C(C)(C)C)cc2)n1.Cl. The number of rotatable bonds is 3. The van der Waals surface area contributed by atoms with Crippen molar-refractivity contribution in [2.24, 2.45) is 0 Å². The molecule has 2 rings (SSSR count). The van der Waals surface area contributed by atoms with Gasteiger partial charge in [-0.25, -0.2) is 4.98 Å². The van der Waals surface area contributed by atoms with E-state index in [0.717, 1.165) is 17.8 Å². The molecule has 2 aromatic rings. The van der Waals surface area contributed by atoms with Crippen molar-refractivity contribution < 1.29 is 5.11 Å². The average Bonchev–Trinajstić information content (AvgIpc) is 2.39. The second kappa shape index (κ2) is 7.12. The lowest BCUT2D eigenvalue weighted by atomic mass is 9.86. The molecule has 1 heterocycles. The van der Waals surface area contributed by atoms with E-state index in [1.165, 1.54) is 5.56 Å². The van der Waals surface area contributed by atoms with Crippen LogP contribution in [0.15, 0.2) is 36.4 Å². The molecule has 1 aromatic heterocycles. The average molecular weight is 321 g/mol. The summed E-state index contributed by atoms with van der Waals surface area (Å²) in [5.74, 6) is 0.223. The molecule has 0 amide bonds. The Hall–Kier alpha value is -1.58. The van der Waals surface area contributed by atoms with Crippen molar-refractivity contribution >= 4 is 12.4 Å². The van der Waals surface area contributed by atoms with E-state index < -0.39 is 0 Å². The van der Waals surface area contributed by atoms with Crippen LogP contribution in [0.2, 0.25) is 0 Å². The number of hydrogen-bond donors (Lipinski definition) is 1. The van der Waals surface area contributed by atoms with E-state index in [-0.39, 0.29) is 23.6 Å². The Morgan fingerprint density at radius 2 is 1.59 bits per heavy atom. The molecule has 0 aliphatic carbocycles. The highest BCUT2D eigenvalue weighted by atomic mass is 35.5. The summed E-state index contributed by atoms with van der Waals surface area (Å²) in [5.41, 5.74) is 3.94. The van der Waals surface area contributed by atoms with Crippen LogP contribution in [0.3, 0.4) is 0 Å². The molecule has 0 bridgehead atoms. The first-order chi connectivity index (χ1) is 9.77. The van der Waals surface area contributed by atoms with Gasteiger partial charge < -0.3 is 10.0 Å². The van der Waals surface area contributed by atoms with Gasteiger partial charge in [-0.1, -0.05) is 45.0 Å². The van der Waals surface area contributed by atoms with Crippen molar-refractivity contribution in [2.45, 2.75) is 32.7 Å². The maximum Gasteiger partial charge on any atom is 0.141 e. The number of pyridine rings is 1. The molecular formula is C18H25ClN2O. The van der Waals surface area contributed by atoms with Gasteiger partial charge in [0, 0.05) is 12.1 Å². The first-order valence-electron chi connectivity index (χ1n) is 7.22. The van der Waals surface area contributed by atoms with Crippen molar-refractivity contribution in [2.75, 3.05) is 14.1 Å². The minimum Gasteiger partial charge on any atom is -0.506 e. The van der Waals surface area contributed by atoms with Crippen molar-refractivity contribution in [1.82, 2.24) is 9.88 Å². The van der Waals surface area contributed by atoms with Gasteiger partial charge in [0.1, 0.15) is 11.4 Å². The molecule has 120 valence electrons. The molecule has 0 fully saturated rings. The fourth-order valence-electron chi connectivity index (χ4n) is 2.24. The third kappa shape index (κ3) is 4.46. The largest absolute Gasteiger partial charge is 0.506 e. The molecule has 1 N–H and O–H groups in total. The topological polar surface area (TPSA) is 36.4 Å². The fraction of sp³-hybridized carbons (Fsp3) is 0.389. The van der Waals surface area contributed by atoms with E-state index in [1.807, 2.05) is 32.3 Å². The lowest BCUT2D eigenvalue weighted by molar-refractivity contribution is 0.396. The molecular weight excluding hydrogens is 296 g/mol. The highest BCUT2D eigenvalue weighted by Crippen LogP contribution is 2.30. The van der Waals surface area contributed by atoms with Crippen molar-refractivity contribution in [1.29, 1.82) is 0 Å². The number of hydrogen-bond acceptors (Lipinski definition) is 3. The van der Waals surface area contributed by atoms with E-state index in [1.54, 1.807) is 6.07 Å². The second-order valence-electron chi connectivity index (χ2n) is 6.74. The Bertz CT molecular complexity index is 616. The van der Waals surface area contributed by atoms with Crippen LogP contribution >= 0.6 is 12.4 Å². The summed E-state index contributed by atoms with van der Waals surface area (Å²) >= 11 is 0. The van der Waals surface area contributed by atoms with E-state index >= 15 is 0 Å². The number of aromatic hydroxyl groups is 1. The van der Waals surface area contributed by atoms with Gasteiger partial charge in [0.15, 0.2) is 0 Å². The van der Waals surface area contributed by atoms with E-state index in [4.69, 9.17) is 0 Å². The van der Waals surface area contributed by atoms with Gasteiger partial charge in [-0.3, -0.25) is 0 Å². The smallest absolute Gasteiger partial charge is 0.141 e. The Kier molecular flexibility index (Phi) is 5.98. The summed E-state index contributed by atoms with van der Waals surface area (Å²) in [4.78, 5) is 6.64. The van der Waals surface area contributed by atoms with Crippen LogP contribution in [0.25, 0.3) is 11.3 Å². The van der Waals surface area contributed by atoms with Crippen LogP contribution in [0.5, 0.6) is 5.75 Å². The van der Waals surface area contributed by atoms with Crippen molar-refractivity contribution in [3.05, 3.63) is 47.7 Å². The van der Waals surface area contributed by atoms with E-state index in [0.29, 0.717) is 5.69 Å². The molecule has 0 aliphatic heterocycles. The zero-order valence-corrected chi connectivity index (χ0v) is 14.7. The van der Waals surface area contributed by atoms with Crippen LogP contribution in [-0.2, 0) is 12.0 Å². The molecule has 0 spiro atoms. The zero-order valence-electron chi connectivity index (χ0n) is 13.9. The maximum atomic E-state index is 10.1. The standard InChI is InChI=1S/C18H24N2O.ClH/c1-18(2,3)14-8-6-13(7-9-14)17-16(21)11-10-15(19-17)12-20(4)5;/h6-11,21H,12H2,1-5H3;1H. The minimum absolute atomic E-state index is 0. The number of benzene rings is 1. The molecule has 0 saturated heterocycles. The molecule has 0 radical (unpaired) electrons. The minimum atomic E-state index is 0. The summed E-state index contributed by atoms with van der Waals surface area (Å²) in [6.45, 7) is 7.33. The third-order valence-electron chi connectivity index (χ3n) is 3.43. The Morgan fingerprint density at radius 3 is 2.09 bits per heavy atom. The number of halogens is 1. The normalized spacial score (nSPS) is 11.4. The molecule has 0 aliphatic rings. The summed E-state index contributed by atoms with van der Waals surface area (Å²) < 4.78 is 0. The fourth-order valence-corrected chi connectivity index (χ4v) is 2.24. The van der Waals surface area contributed by atoms with Gasteiger partial charge in [0.05, 0.1) is 5.69 Å². The van der Waals surface area contributed by atoms with Crippen LogP contribution in [0.1, 0.15) is 32.0 Å². The van der Waals surface area contributed by atoms with Crippen LogP contribution in [0, 0.1) is 0 Å². The van der Waals surface area contributed by atoms with Crippen LogP contribution in [-0.4, -0.2) is 29.1 Å². The van der Waals surface area contributed by atoms with Crippen LogP contribution in [0.4, 0.5) is 0 Å². The molecule has 0 unspecified atom stereocenters. The number of aromatic nitrogens is 1. The van der Waals surface area contributed by atoms with Gasteiger partial charge in [0.25, 0.3) is 0 Å². The highest BCUT2D eigenvalue weighted by Gasteiger charge is 2.14. The first kappa shape index (κ1) is 18.5. The zero-order chi connectivity index (χ0) is 15.6. The quantitative estimate of drug-likeness (QED) is 0.919.